The van der Waals surface area contributed by atoms with Crippen molar-refractivity contribution in [2.45, 2.75) is 56.8 Å². The van der Waals surface area contributed by atoms with E-state index in [0.717, 1.165) is 0 Å². The summed E-state index contributed by atoms with van der Waals surface area (Å²) >= 11 is 5.75. The van der Waals surface area contributed by atoms with Gasteiger partial charge in [0, 0.05) is 18.8 Å². The molecule has 40 heteroatoms. The number of anilines is 3. The average Bonchev–Trinajstić information content (AvgIpc) is 3.17. The smallest absolute Gasteiger partial charge is 0.870 e. The van der Waals surface area contributed by atoms with Crippen molar-refractivity contribution in [1.29, 1.82) is 0 Å². The third kappa shape index (κ3) is 11.4. The summed E-state index contributed by atoms with van der Waals surface area (Å²) in [6.07, 6.45) is -8.00. The molecule has 0 aliphatic rings. The molecule has 0 aliphatic carbocycles. The van der Waals surface area contributed by atoms with Crippen molar-refractivity contribution in [3.8, 4) is 5.75 Å². The number of nitrogens with zero attached hydrogens (tertiary/aromatic N) is 5. The number of hydrogen-bond acceptors (Lipinski definition) is 15. The molecule has 4 aromatic rings. The van der Waals surface area contributed by atoms with Gasteiger partial charge in [0.05, 0.1) is 16.3 Å². The van der Waals surface area contributed by atoms with Crippen LogP contribution in [0.5, 0.6) is 5.75 Å². The molecule has 4 rings (SSSR count). The fourth-order valence-electron chi connectivity index (χ4n) is 4.95. The number of nitrogens with one attached hydrogen (secondary N) is 3. The van der Waals surface area contributed by atoms with Crippen LogP contribution >= 0.6 is 11.6 Å². The number of hydrogen-bond donors (Lipinski definition) is 4. The summed E-state index contributed by atoms with van der Waals surface area (Å²) in [5.74, 6) is -56.2. The first-order valence-corrected chi connectivity index (χ1v) is 21.1. The van der Waals surface area contributed by atoms with Crippen molar-refractivity contribution in [2.24, 2.45) is 10.2 Å². The van der Waals surface area contributed by atoms with Gasteiger partial charge in [-0.2, -0.15) is 103 Å². The number of sulfonamides is 1. The van der Waals surface area contributed by atoms with Crippen molar-refractivity contribution >= 4 is 81.6 Å². The molecule has 1 aromatic heterocycles. The van der Waals surface area contributed by atoms with Crippen molar-refractivity contribution < 1.29 is 173 Å². The number of fused-ring (bicyclic) bond motifs is 1. The Hall–Kier alpha value is -3.24. The Labute approximate surface area is 421 Å². The molecule has 0 unspecified atom stereocenters. The van der Waals surface area contributed by atoms with Gasteiger partial charge >= 0.3 is 106 Å². The number of aromatic nitrogens is 3. The number of alkyl halides is 17. The van der Waals surface area contributed by atoms with Crippen LogP contribution in [0.3, 0.4) is 0 Å². The molecule has 0 spiro atoms. The first kappa shape index (κ1) is 61.9. The second-order valence-corrected chi connectivity index (χ2v) is 17.7. The van der Waals surface area contributed by atoms with Crippen molar-refractivity contribution in [2.75, 3.05) is 23.7 Å². The fourth-order valence-corrected chi connectivity index (χ4v) is 7.32. The molecule has 69 heavy (non-hydrogen) atoms. The zero-order valence-electron chi connectivity index (χ0n) is 33.0. The third-order valence-corrected chi connectivity index (χ3v) is 11.6. The van der Waals surface area contributed by atoms with Gasteiger partial charge in [-0.3, -0.25) is 4.55 Å². The molecule has 372 valence electrons. The molecule has 0 saturated carbocycles. The van der Waals surface area contributed by atoms with Crippen LogP contribution in [0.15, 0.2) is 68.6 Å². The van der Waals surface area contributed by atoms with Crippen LogP contribution in [0.25, 0.3) is 10.8 Å². The summed E-state index contributed by atoms with van der Waals surface area (Å²) in [5, 5.41) is 14.6. The van der Waals surface area contributed by atoms with Crippen molar-refractivity contribution in [3.05, 3.63) is 53.8 Å². The van der Waals surface area contributed by atoms with Gasteiger partial charge in [-0.1, -0.05) is 23.9 Å². The van der Waals surface area contributed by atoms with E-state index in [1.54, 1.807) is 0 Å². The van der Waals surface area contributed by atoms with Crippen LogP contribution in [0, 0.1) is 0 Å². The summed E-state index contributed by atoms with van der Waals surface area (Å²) in [4.78, 5) is 7.92. The Bertz CT molecular complexity index is 2950. The van der Waals surface area contributed by atoms with E-state index in [1.807, 2.05) is 5.32 Å². The molecule has 0 saturated heterocycles. The predicted molar refractivity (Wildman–Crippen MR) is 186 cm³/mol. The Morgan fingerprint density at radius 3 is 1.64 bits per heavy atom. The minimum absolute atomic E-state index is 0. The third-order valence-electron chi connectivity index (χ3n) is 8.28. The maximum atomic E-state index is 14.5. The van der Waals surface area contributed by atoms with Gasteiger partial charge in [0.25, 0.3) is 20.1 Å². The van der Waals surface area contributed by atoms with E-state index >= 15 is 0 Å². The predicted octanol–water partition coefficient (Wildman–Crippen LogP) is 1.37. The van der Waals surface area contributed by atoms with Crippen molar-refractivity contribution in [1.82, 2.24) is 19.7 Å². The zero-order valence-corrected chi connectivity index (χ0v) is 40.2. The summed E-state index contributed by atoms with van der Waals surface area (Å²) in [5.41, 5.74) is -1.93. The van der Waals surface area contributed by atoms with Crippen LogP contribution < -0.4 is 79.6 Å². The van der Waals surface area contributed by atoms with E-state index in [4.69, 9.17) is 11.6 Å². The quantitative estimate of drug-likeness (QED) is 0.0361. The monoisotopic (exact) mass is 1120 g/mol. The normalized spacial score (nSPS) is 14.1. The molecule has 0 radical (unpaired) electrons. The molecule has 0 atom stereocenters. The average molecular weight is 1120 g/mol. The maximum Gasteiger partial charge on any atom is 1.00 e. The Morgan fingerprint density at radius 2 is 1.14 bits per heavy atom. The van der Waals surface area contributed by atoms with Gasteiger partial charge in [-0.25, -0.2) is 21.6 Å². The Morgan fingerprint density at radius 1 is 0.652 bits per heavy atom. The van der Waals surface area contributed by atoms with Gasteiger partial charge < -0.3 is 20.3 Å². The van der Waals surface area contributed by atoms with Gasteiger partial charge in [0.1, 0.15) is 15.0 Å². The first-order valence-electron chi connectivity index (χ1n) is 16.4. The van der Waals surface area contributed by atoms with Gasteiger partial charge in [-0.15, -0.1) is 5.11 Å². The Kier molecular flexibility index (Phi) is 18.2. The van der Waals surface area contributed by atoms with Crippen LogP contribution in [0.4, 0.5) is 104 Å². The van der Waals surface area contributed by atoms with E-state index in [1.165, 1.54) is 30.3 Å². The summed E-state index contributed by atoms with van der Waals surface area (Å²) in [7, 11) is -18.6. The largest absolute Gasteiger partial charge is 1.00 e. The molecule has 0 bridgehead atoms. The molecule has 4 N–H and O–H groups in total. The molecular formula is C29H16ClF17N8Na2O9S3. The standard InChI is InChI=1S/C29H18ClF17N8O9S3.2Na/c30-19-51-20(48-6-7-49-67(63,64)29(46,47)27(41,42)25(37,38)23(33,34)22(31,32)24(35,36)26(39,40)28(43,44)45)53-21(52-19)50-14-10-13(65(57,58)59)8-11-9-15(66(60,61)62)17(18(56)16(11)14)55-54-12-4-2-1-3-5-12;;/h1-5,8-10,49,56H,6-7H2,(H,57,58,59)(H,60,61,62)(H2,48,50,51,52,53);;/q;2*+1/p-2. The second kappa shape index (κ2) is 20.3. The van der Waals surface area contributed by atoms with Crippen LogP contribution in [-0.4, -0.2) is 109 Å². The summed E-state index contributed by atoms with van der Waals surface area (Å²) in [6, 6.07) is 8.38. The second-order valence-electron chi connectivity index (χ2n) is 12.7. The first-order chi connectivity index (χ1) is 30.0. The summed E-state index contributed by atoms with van der Waals surface area (Å²) < 4.78 is 326. The SMILES string of the molecule is O=S(=O)([O-])c1cc(Nc2nc(Cl)nc(NCCNS(=O)(=O)C(F)(F)C(F)(F)C(F)(F)C(F)(F)C(F)(F)C(F)(F)C(F)(F)C(F)(F)F)n2)c2c([O-])c(N=Nc3ccccc3)c(S(=O)(=O)O)cc2c1.[Na+].[Na+]. The molecule has 1 heterocycles. The molecule has 0 fully saturated rings. The number of benzene rings is 3. The number of rotatable bonds is 18. The van der Waals surface area contributed by atoms with E-state index in [9.17, 15) is 114 Å². The van der Waals surface area contributed by atoms with E-state index < -0.39 is 145 Å². The van der Waals surface area contributed by atoms with E-state index in [2.05, 4.69) is 30.5 Å². The topological polar surface area (TPSA) is 268 Å². The van der Waals surface area contributed by atoms with Gasteiger partial charge in [0.2, 0.25) is 17.2 Å². The van der Waals surface area contributed by atoms with Gasteiger partial charge in [0.15, 0.2) is 0 Å². The van der Waals surface area contributed by atoms with E-state index in [0.29, 0.717) is 22.9 Å². The van der Waals surface area contributed by atoms with Crippen molar-refractivity contribution in [3.63, 3.8) is 0 Å². The minimum atomic E-state index is -9.04. The maximum absolute atomic E-state index is 14.5. The molecule has 3 aromatic carbocycles. The van der Waals surface area contributed by atoms with Crippen LogP contribution in [0.1, 0.15) is 0 Å². The van der Waals surface area contributed by atoms with Gasteiger partial charge in [-0.05, 0) is 52.7 Å². The number of azo groups is 1. The fraction of sp³-hybridized carbons (Fsp3) is 0.345. The van der Waals surface area contributed by atoms with Crippen LogP contribution in [0.2, 0.25) is 5.28 Å². The zero-order chi connectivity index (χ0) is 51.6. The molecule has 0 aliphatic heterocycles. The Balaban J connectivity index is 0.00000817. The molecule has 0 amide bonds. The van der Waals surface area contributed by atoms with E-state index in [-0.39, 0.29) is 64.8 Å². The number of halogens is 18. The molecular weight excluding hydrogens is 1100 g/mol. The minimum Gasteiger partial charge on any atom is -0.870 e. The summed E-state index contributed by atoms with van der Waals surface area (Å²) in [6.45, 7) is -3.21. The molecule has 17 nitrogen and oxygen atoms in total. The van der Waals surface area contributed by atoms with Crippen LogP contribution in [-0.2, 0) is 30.3 Å².